The largest absolute Gasteiger partial charge is 0.326 e. The lowest BCUT2D eigenvalue weighted by Crippen LogP contribution is -2.10. The smallest absolute Gasteiger partial charge is 0.221 e. The van der Waals surface area contributed by atoms with Crippen molar-refractivity contribution in [3.05, 3.63) is 95.1 Å². The first-order valence-electron chi connectivity index (χ1n) is 9.14. The maximum atomic E-state index is 13.3. The Kier molecular flexibility index (Phi) is 6.32. The van der Waals surface area contributed by atoms with Crippen LogP contribution in [0.2, 0.25) is 0 Å². The van der Waals surface area contributed by atoms with Gasteiger partial charge < -0.3 is 5.32 Å². The summed E-state index contributed by atoms with van der Waals surface area (Å²) in [6.45, 7) is 5.53. The first-order chi connectivity index (χ1) is 13.4. The molecular formula is C24H23NO2S. The van der Waals surface area contributed by atoms with Crippen LogP contribution < -0.4 is 5.32 Å². The summed E-state index contributed by atoms with van der Waals surface area (Å²) in [7, 11) is 0. The van der Waals surface area contributed by atoms with Gasteiger partial charge in [0.15, 0.2) is 5.78 Å². The molecule has 0 heterocycles. The molecule has 0 bridgehead atoms. The summed E-state index contributed by atoms with van der Waals surface area (Å²) in [5.41, 5.74) is 4.72. The molecule has 0 saturated carbocycles. The average Bonchev–Trinajstić information content (AvgIpc) is 2.68. The topological polar surface area (TPSA) is 46.2 Å². The van der Waals surface area contributed by atoms with E-state index >= 15 is 0 Å². The molecule has 142 valence electrons. The molecule has 28 heavy (non-hydrogen) atoms. The van der Waals surface area contributed by atoms with Gasteiger partial charge in [0.1, 0.15) is 0 Å². The van der Waals surface area contributed by atoms with Gasteiger partial charge in [-0.1, -0.05) is 59.7 Å². The van der Waals surface area contributed by atoms with E-state index in [0.717, 1.165) is 27.3 Å². The minimum atomic E-state index is -0.338. The Morgan fingerprint density at radius 3 is 1.86 bits per heavy atom. The van der Waals surface area contributed by atoms with Gasteiger partial charge in [0.25, 0.3) is 0 Å². The standard InChI is InChI=1S/C24H23NO2S/c1-16-4-8-19(9-5-16)23(27)24(20-10-6-17(2)7-11-20)28-22-14-12-21(13-15-22)25-18(3)26/h4-15,24H,1-3H3,(H,25,26)/t24-/m0/s1. The van der Waals surface area contributed by atoms with Crippen molar-refractivity contribution in [1.82, 2.24) is 0 Å². The van der Waals surface area contributed by atoms with Crippen LogP contribution in [0.4, 0.5) is 5.69 Å². The Morgan fingerprint density at radius 2 is 1.32 bits per heavy atom. The quantitative estimate of drug-likeness (QED) is 0.417. The van der Waals surface area contributed by atoms with Crippen LogP contribution in [0.25, 0.3) is 0 Å². The number of hydrogen-bond acceptors (Lipinski definition) is 3. The zero-order valence-corrected chi connectivity index (χ0v) is 17.0. The van der Waals surface area contributed by atoms with Gasteiger partial charge in [-0.05, 0) is 43.7 Å². The number of anilines is 1. The minimum Gasteiger partial charge on any atom is -0.326 e. The lowest BCUT2D eigenvalue weighted by Gasteiger charge is -2.17. The van der Waals surface area contributed by atoms with Crippen molar-refractivity contribution in [2.24, 2.45) is 0 Å². The van der Waals surface area contributed by atoms with Gasteiger partial charge >= 0.3 is 0 Å². The van der Waals surface area contributed by atoms with Gasteiger partial charge in [-0.15, -0.1) is 11.8 Å². The van der Waals surface area contributed by atoms with Crippen LogP contribution in [-0.4, -0.2) is 11.7 Å². The van der Waals surface area contributed by atoms with E-state index in [1.807, 2.05) is 86.6 Å². The Balaban J connectivity index is 1.89. The number of hydrogen-bond donors (Lipinski definition) is 1. The Bertz CT molecular complexity index is 961. The molecule has 0 aliphatic heterocycles. The molecule has 0 saturated heterocycles. The van der Waals surface area contributed by atoms with E-state index in [9.17, 15) is 9.59 Å². The number of benzene rings is 3. The van der Waals surface area contributed by atoms with Crippen LogP contribution >= 0.6 is 11.8 Å². The number of thioether (sulfide) groups is 1. The summed E-state index contributed by atoms with van der Waals surface area (Å²) in [4.78, 5) is 25.5. The van der Waals surface area contributed by atoms with Gasteiger partial charge in [0, 0.05) is 23.1 Å². The number of carbonyl (C=O) groups is 2. The van der Waals surface area contributed by atoms with Gasteiger partial charge in [0.2, 0.25) is 5.91 Å². The Labute approximate surface area is 170 Å². The molecule has 0 aliphatic rings. The monoisotopic (exact) mass is 389 g/mol. The van der Waals surface area contributed by atoms with Crippen molar-refractivity contribution in [2.45, 2.75) is 30.9 Å². The van der Waals surface area contributed by atoms with Crippen molar-refractivity contribution in [1.29, 1.82) is 0 Å². The summed E-state index contributed by atoms with van der Waals surface area (Å²) in [5, 5.41) is 2.42. The van der Waals surface area contributed by atoms with E-state index in [1.54, 1.807) is 0 Å². The van der Waals surface area contributed by atoms with Crippen LogP contribution in [-0.2, 0) is 4.79 Å². The highest BCUT2D eigenvalue weighted by molar-refractivity contribution is 8.00. The van der Waals surface area contributed by atoms with Gasteiger partial charge in [-0.3, -0.25) is 9.59 Å². The van der Waals surface area contributed by atoms with E-state index in [1.165, 1.54) is 18.7 Å². The van der Waals surface area contributed by atoms with Gasteiger partial charge in [-0.25, -0.2) is 0 Å². The van der Waals surface area contributed by atoms with Crippen molar-refractivity contribution in [3.8, 4) is 0 Å². The molecule has 1 amide bonds. The molecule has 0 unspecified atom stereocenters. The second-order valence-corrected chi connectivity index (χ2v) is 8.02. The lowest BCUT2D eigenvalue weighted by molar-refractivity contribution is -0.114. The molecule has 0 fully saturated rings. The third kappa shape index (κ3) is 5.11. The molecule has 1 atom stereocenters. The molecule has 0 aromatic heterocycles. The molecule has 3 aromatic carbocycles. The average molecular weight is 390 g/mol. The van der Waals surface area contributed by atoms with Crippen molar-refractivity contribution >= 4 is 29.1 Å². The predicted molar refractivity (Wildman–Crippen MR) is 116 cm³/mol. The molecule has 0 spiro atoms. The number of ketones is 1. The maximum Gasteiger partial charge on any atom is 0.221 e. The fourth-order valence-corrected chi connectivity index (χ4v) is 3.94. The van der Waals surface area contributed by atoms with Crippen molar-refractivity contribution in [3.63, 3.8) is 0 Å². The predicted octanol–water partition coefficient (Wildman–Crippen LogP) is 5.98. The third-order valence-corrected chi connectivity index (χ3v) is 5.65. The minimum absolute atomic E-state index is 0.0831. The lowest BCUT2D eigenvalue weighted by atomic mass is 10.0. The van der Waals surface area contributed by atoms with Gasteiger partial charge in [0.05, 0.1) is 5.25 Å². The molecule has 4 heteroatoms. The maximum absolute atomic E-state index is 13.3. The van der Waals surface area contributed by atoms with Crippen LogP contribution in [0.3, 0.4) is 0 Å². The van der Waals surface area contributed by atoms with Crippen LogP contribution in [0.15, 0.2) is 77.7 Å². The fourth-order valence-electron chi connectivity index (χ4n) is 2.84. The molecule has 1 N–H and O–H groups in total. The summed E-state index contributed by atoms with van der Waals surface area (Å²) >= 11 is 1.52. The number of Topliss-reactive ketones (excluding diaryl/α,β-unsaturated/α-hetero) is 1. The molecule has 3 nitrogen and oxygen atoms in total. The molecular weight excluding hydrogens is 366 g/mol. The summed E-state index contributed by atoms with van der Waals surface area (Å²) in [6, 6.07) is 23.4. The zero-order chi connectivity index (χ0) is 20.1. The normalized spacial score (nSPS) is 11.7. The number of carbonyl (C=O) groups excluding carboxylic acids is 2. The highest BCUT2D eigenvalue weighted by Crippen LogP contribution is 2.38. The van der Waals surface area contributed by atoms with Crippen LogP contribution in [0, 0.1) is 13.8 Å². The molecule has 0 radical (unpaired) electrons. The molecule has 0 aliphatic carbocycles. The summed E-state index contributed by atoms with van der Waals surface area (Å²) < 4.78 is 0. The highest BCUT2D eigenvalue weighted by Gasteiger charge is 2.23. The summed E-state index contributed by atoms with van der Waals surface area (Å²) in [6.07, 6.45) is 0. The third-order valence-electron chi connectivity index (χ3n) is 4.38. The van der Waals surface area contributed by atoms with E-state index < -0.39 is 0 Å². The van der Waals surface area contributed by atoms with E-state index in [0.29, 0.717) is 5.56 Å². The van der Waals surface area contributed by atoms with E-state index in [2.05, 4.69) is 5.32 Å². The summed E-state index contributed by atoms with van der Waals surface area (Å²) in [5.74, 6) is -0.0210. The van der Waals surface area contributed by atoms with Crippen LogP contribution in [0.1, 0.15) is 39.2 Å². The highest BCUT2D eigenvalue weighted by atomic mass is 32.2. The first-order valence-corrected chi connectivity index (χ1v) is 10.0. The van der Waals surface area contributed by atoms with E-state index in [-0.39, 0.29) is 16.9 Å². The Hall–Kier alpha value is -2.85. The number of nitrogens with one attached hydrogen (secondary N) is 1. The van der Waals surface area contributed by atoms with Crippen molar-refractivity contribution < 1.29 is 9.59 Å². The number of amides is 1. The first kappa shape index (κ1) is 19.9. The second-order valence-electron chi connectivity index (χ2n) is 6.84. The van der Waals surface area contributed by atoms with E-state index in [4.69, 9.17) is 0 Å². The molecule has 3 aromatic rings. The zero-order valence-electron chi connectivity index (χ0n) is 16.2. The van der Waals surface area contributed by atoms with Crippen LogP contribution in [0.5, 0.6) is 0 Å². The molecule has 3 rings (SSSR count). The Morgan fingerprint density at radius 1 is 0.786 bits per heavy atom. The fraction of sp³-hybridized carbons (Fsp3) is 0.167. The number of rotatable bonds is 6. The van der Waals surface area contributed by atoms with Crippen molar-refractivity contribution in [2.75, 3.05) is 5.32 Å². The van der Waals surface area contributed by atoms with Gasteiger partial charge in [-0.2, -0.15) is 0 Å². The SMILES string of the molecule is CC(=O)Nc1ccc(S[C@H](C(=O)c2ccc(C)cc2)c2ccc(C)cc2)cc1. The second kappa shape index (κ2) is 8.89. The number of aryl methyl sites for hydroxylation is 2.